The van der Waals surface area contributed by atoms with Gasteiger partial charge in [-0.05, 0) is 37.1 Å². The standard InChI is InChI=1S/C10H13ClFNO/c1-14-10-5-7(3-2-4-13)9(12)6-8(10)11/h5-6H,2-4,13H2,1H3. The first-order valence-corrected chi connectivity index (χ1v) is 4.78. The number of aryl methyl sites for hydroxylation is 1. The molecule has 14 heavy (non-hydrogen) atoms. The lowest BCUT2D eigenvalue weighted by Gasteiger charge is -2.07. The molecule has 1 rings (SSSR count). The van der Waals surface area contributed by atoms with Crippen LogP contribution in [-0.4, -0.2) is 13.7 Å². The molecule has 0 amide bonds. The minimum absolute atomic E-state index is 0.293. The predicted octanol–water partition coefficient (Wildman–Crippen LogP) is 2.38. The summed E-state index contributed by atoms with van der Waals surface area (Å²) in [5, 5.41) is 0.293. The van der Waals surface area contributed by atoms with Crippen molar-refractivity contribution in [3.05, 3.63) is 28.5 Å². The molecule has 0 unspecified atom stereocenters. The number of methoxy groups -OCH3 is 1. The van der Waals surface area contributed by atoms with Crippen LogP contribution in [0.25, 0.3) is 0 Å². The lowest BCUT2D eigenvalue weighted by molar-refractivity contribution is 0.413. The Bertz CT molecular complexity index is 317. The van der Waals surface area contributed by atoms with Gasteiger partial charge in [-0.3, -0.25) is 0 Å². The van der Waals surface area contributed by atoms with Gasteiger partial charge in [-0.25, -0.2) is 4.39 Å². The zero-order valence-corrected chi connectivity index (χ0v) is 8.77. The number of hydrogen-bond acceptors (Lipinski definition) is 2. The smallest absolute Gasteiger partial charge is 0.137 e. The van der Waals surface area contributed by atoms with Gasteiger partial charge >= 0.3 is 0 Å². The third kappa shape index (κ3) is 2.59. The summed E-state index contributed by atoms with van der Waals surface area (Å²) in [6.07, 6.45) is 1.36. The van der Waals surface area contributed by atoms with Gasteiger partial charge in [0.2, 0.25) is 0 Å². The van der Waals surface area contributed by atoms with Gasteiger partial charge in [0.1, 0.15) is 11.6 Å². The Hall–Kier alpha value is -0.800. The quantitative estimate of drug-likeness (QED) is 0.841. The molecule has 78 valence electrons. The normalized spacial score (nSPS) is 10.3. The van der Waals surface area contributed by atoms with E-state index < -0.39 is 0 Å². The lowest BCUT2D eigenvalue weighted by Crippen LogP contribution is -2.02. The van der Waals surface area contributed by atoms with E-state index in [4.69, 9.17) is 22.1 Å². The molecule has 4 heteroatoms. The molecular weight excluding hydrogens is 205 g/mol. The van der Waals surface area contributed by atoms with Crippen molar-refractivity contribution in [2.45, 2.75) is 12.8 Å². The number of hydrogen-bond donors (Lipinski definition) is 1. The summed E-state index contributed by atoms with van der Waals surface area (Å²) in [4.78, 5) is 0. The van der Waals surface area contributed by atoms with Crippen LogP contribution in [0.4, 0.5) is 4.39 Å². The zero-order chi connectivity index (χ0) is 10.6. The van der Waals surface area contributed by atoms with Crippen molar-refractivity contribution in [3.8, 4) is 5.75 Å². The van der Waals surface area contributed by atoms with Crippen LogP contribution in [0.3, 0.4) is 0 Å². The van der Waals surface area contributed by atoms with E-state index in [9.17, 15) is 4.39 Å². The maximum atomic E-state index is 13.3. The fraction of sp³-hybridized carbons (Fsp3) is 0.400. The molecule has 0 spiro atoms. The Morgan fingerprint density at radius 2 is 2.21 bits per heavy atom. The number of halogens is 2. The van der Waals surface area contributed by atoms with Gasteiger partial charge in [-0.15, -0.1) is 0 Å². The molecule has 0 heterocycles. The Labute approximate surface area is 87.8 Å². The molecule has 1 aromatic carbocycles. The van der Waals surface area contributed by atoms with Gasteiger partial charge in [0.05, 0.1) is 12.1 Å². The first-order chi connectivity index (χ1) is 6.69. The second-order valence-corrected chi connectivity index (χ2v) is 3.38. The minimum atomic E-state index is -0.302. The van der Waals surface area contributed by atoms with E-state index in [1.54, 1.807) is 6.07 Å². The first kappa shape index (κ1) is 11.3. The van der Waals surface area contributed by atoms with Crippen molar-refractivity contribution in [1.29, 1.82) is 0 Å². The Kier molecular flexibility index (Phi) is 4.17. The summed E-state index contributed by atoms with van der Waals surface area (Å²) >= 11 is 5.75. The predicted molar refractivity (Wildman–Crippen MR) is 55.3 cm³/mol. The summed E-state index contributed by atoms with van der Waals surface area (Å²) < 4.78 is 18.3. The van der Waals surface area contributed by atoms with Gasteiger partial charge in [0, 0.05) is 0 Å². The molecule has 0 aliphatic rings. The molecule has 0 aliphatic heterocycles. The number of rotatable bonds is 4. The van der Waals surface area contributed by atoms with E-state index in [1.165, 1.54) is 13.2 Å². The number of ether oxygens (including phenoxy) is 1. The summed E-state index contributed by atoms with van der Waals surface area (Å²) in [7, 11) is 1.51. The van der Waals surface area contributed by atoms with Crippen molar-refractivity contribution in [2.75, 3.05) is 13.7 Å². The van der Waals surface area contributed by atoms with Gasteiger partial charge in [-0.2, -0.15) is 0 Å². The number of nitrogens with two attached hydrogens (primary N) is 1. The van der Waals surface area contributed by atoms with Gasteiger partial charge < -0.3 is 10.5 Å². The van der Waals surface area contributed by atoms with Crippen molar-refractivity contribution >= 4 is 11.6 Å². The fourth-order valence-corrected chi connectivity index (χ4v) is 1.44. The molecule has 0 saturated heterocycles. The molecule has 0 radical (unpaired) electrons. The SMILES string of the molecule is COc1cc(CCCN)c(F)cc1Cl. The van der Waals surface area contributed by atoms with E-state index in [-0.39, 0.29) is 5.82 Å². The summed E-state index contributed by atoms with van der Waals surface area (Å²) in [6.45, 7) is 0.546. The lowest BCUT2D eigenvalue weighted by atomic mass is 10.1. The molecule has 0 atom stereocenters. The van der Waals surface area contributed by atoms with Gasteiger partial charge in [-0.1, -0.05) is 11.6 Å². The molecular formula is C10H13ClFNO. The molecule has 0 fully saturated rings. The fourth-order valence-electron chi connectivity index (χ4n) is 1.21. The van der Waals surface area contributed by atoms with Crippen LogP contribution >= 0.6 is 11.6 Å². The summed E-state index contributed by atoms with van der Waals surface area (Å²) in [5.74, 6) is 0.198. The Morgan fingerprint density at radius 1 is 1.50 bits per heavy atom. The van der Waals surface area contributed by atoms with Crippen LogP contribution in [-0.2, 0) is 6.42 Å². The van der Waals surface area contributed by atoms with Gasteiger partial charge in [0.15, 0.2) is 0 Å². The molecule has 0 aliphatic carbocycles. The highest BCUT2D eigenvalue weighted by Gasteiger charge is 2.08. The van der Waals surface area contributed by atoms with Crippen molar-refractivity contribution in [2.24, 2.45) is 5.73 Å². The van der Waals surface area contributed by atoms with Crippen molar-refractivity contribution in [1.82, 2.24) is 0 Å². The molecule has 1 aromatic rings. The Morgan fingerprint density at radius 3 is 2.79 bits per heavy atom. The van der Waals surface area contributed by atoms with E-state index in [0.29, 0.717) is 29.3 Å². The third-order valence-electron chi connectivity index (χ3n) is 1.97. The summed E-state index contributed by atoms with van der Waals surface area (Å²) in [5.41, 5.74) is 5.94. The minimum Gasteiger partial charge on any atom is -0.495 e. The van der Waals surface area contributed by atoms with Crippen LogP contribution in [0.1, 0.15) is 12.0 Å². The zero-order valence-electron chi connectivity index (χ0n) is 8.02. The van der Waals surface area contributed by atoms with Crippen LogP contribution < -0.4 is 10.5 Å². The van der Waals surface area contributed by atoms with Crippen molar-refractivity contribution in [3.63, 3.8) is 0 Å². The first-order valence-electron chi connectivity index (χ1n) is 4.41. The molecule has 0 saturated carbocycles. The van der Waals surface area contributed by atoms with Crippen LogP contribution in [0.15, 0.2) is 12.1 Å². The van der Waals surface area contributed by atoms with Crippen LogP contribution in [0, 0.1) is 5.82 Å². The maximum absolute atomic E-state index is 13.3. The van der Waals surface area contributed by atoms with E-state index >= 15 is 0 Å². The average molecular weight is 218 g/mol. The number of benzene rings is 1. The van der Waals surface area contributed by atoms with E-state index in [1.807, 2.05) is 0 Å². The second kappa shape index (κ2) is 5.17. The maximum Gasteiger partial charge on any atom is 0.137 e. The highest BCUT2D eigenvalue weighted by molar-refractivity contribution is 6.32. The average Bonchev–Trinajstić information content (AvgIpc) is 2.17. The Balaban J connectivity index is 2.92. The van der Waals surface area contributed by atoms with E-state index in [2.05, 4.69) is 0 Å². The molecule has 0 bridgehead atoms. The second-order valence-electron chi connectivity index (χ2n) is 2.97. The highest BCUT2D eigenvalue weighted by atomic mass is 35.5. The van der Waals surface area contributed by atoms with Crippen LogP contribution in [0.5, 0.6) is 5.75 Å². The van der Waals surface area contributed by atoms with Gasteiger partial charge in [0.25, 0.3) is 0 Å². The third-order valence-corrected chi connectivity index (χ3v) is 2.27. The van der Waals surface area contributed by atoms with E-state index in [0.717, 1.165) is 6.42 Å². The molecule has 2 nitrogen and oxygen atoms in total. The monoisotopic (exact) mass is 217 g/mol. The topological polar surface area (TPSA) is 35.2 Å². The highest BCUT2D eigenvalue weighted by Crippen LogP contribution is 2.27. The molecule has 0 aromatic heterocycles. The van der Waals surface area contributed by atoms with Crippen molar-refractivity contribution < 1.29 is 9.13 Å². The molecule has 2 N–H and O–H groups in total. The summed E-state index contributed by atoms with van der Waals surface area (Å²) in [6, 6.07) is 2.89. The largest absolute Gasteiger partial charge is 0.495 e. The van der Waals surface area contributed by atoms with Crippen LogP contribution in [0.2, 0.25) is 5.02 Å².